The molecular weight excluding hydrogens is 328 g/mol. The number of nitrogens with zero attached hydrogens (tertiary/aromatic N) is 3. The summed E-state index contributed by atoms with van der Waals surface area (Å²) in [6.45, 7) is 5.40. The van der Waals surface area contributed by atoms with E-state index in [1.54, 1.807) is 36.5 Å². The number of amides is 2. The van der Waals surface area contributed by atoms with Gasteiger partial charge in [-0.1, -0.05) is 13.8 Å². The van der Waals surface area contributed by atoms with Crippen LogP contribution in [0.5, 0.6) is 0 Å². The molecule has 2 rings (SSSR count). The first kappa shape index (κ1) is 19.6. The molecule has 0 atom stereocenters. The zero-order valence-electron chi connectivity index (χ0n) is 15.6. The van der Waals surface area contributed by atoms with Crippen LogP contribution in [0.4, 0.5) is 0 Å². The van der Waals surface area contributed by atoms with Crippen LogP contribution in [0.2, 0.25) is 0 Å². The summed E-state index contributed by atoms with van der Waals surface area (Å²) in [4.78, 5) is 34.5. The first-order chi connectivity index (χ1) is 12.5. The SMILES string of the molecule is CC(C)CCNC(=O)c1ccnc(C(=O)N(C)CCc2ccncc2)c1. The van der Waals surface area contributed by atoms with Crippen molar-refractivity contribution in [3.63, 3.8) is 0 Å². The first-order valence-corrected chi connectivity index (χ1v) is 8.86. The lowest BCUT2D eigenvalue weighted by atomic mass is 10.1. The second kappa shape index (κ2) is 9.65. The maximum atomic E-state index is 12.6. The Bertz CT molecular complexity index is 732. The van der Waals surface area contributed by atoms with E-state index in [4.69, 9.17) is 0 Å². The fourth-order valence-electron chi connectivity index (χ4n) is 2.41. The molecule has 2 aromatic heterocycles. The topological polar surface area (TPSA) is 75.2 Å². The highest BCUT2D eigenvalue weighted by molar-refractivity contribution is 5.98. The number of rotatable bonds is 8. The molecule has 0 saturated heterocycles. The number of carbonyl (C=O) groups excluding carboxylic acids is 2. The Balaban J connectivity index is 1.94. The molecule has 0 aliphatic heterocycles. The lowest BCUT2D eigenvalue weighted by molar-refractivity contribution is 0.0791. The molecule has 2 aromatic rings. The van der Waals surface area contributed by atoms with Gasteiger partial charge in [-0.3, -0.25) is 19.6 Å². The van der Waals surface area contributed by atoms with Crippen molar-refractivity contribution in [2.45, 2.75) is 26.7 Å². The number of likely N-dealkylation sites (N-methyl/N-ethyl adjacent to an activating group) is 1. The van der Waals surface area contributed by atoms with E-state index in [0.717, 1.165) is 18.4 Å². The van der Waals surface area contributed by atoms with Gasteiger partial charge in [0.25, 0.3) is 11.8 Å². The van der Waals surface area contributed by atoms with Crippen molar-refractivity contribution in [1.29, 1.82) is 0 Å². The first-order valence-electron chi connectivity index (χ1n) is 8.86. The predicted octanol–water partition coefficient (Wildman–Crippen LogP) is 2.57. The van der Waals surface area contributed by atoms with Crippen LogP contribution in [0.25, 0.3) is 0 Å². The van der Waals surface area contributed by atoms with E-state index in [0.29, 0.717) is 24.6 Å². The molecule has 0 fully saturated rings. The van der Waals surface area contributed by atoms with Gasteiger partial charge in [-0.15, -0.1) is 0 Å². The van der Waals surface area contributed by atoms with Crippen molar-refractivity contribution >= 4 is 11.8 Å². The van der Waals surface area contributed by atoms with Gasteiger partial charge >= 0.3 is 0 Å². The third kappa shape index (κ3) is 5.95. The molecule has 0 aromatic carbocycles. The molecule has 0 spiro atoms. The van der Waals surface area contributed by atoms with Gasteiger partial charge in [0.1, 0.15) is 5.69 Å². The Morgan fingerprint density at radius 1 is 1.15 bits per heavy atom. The zero-order valence-corrected chi connectivity index (χ0v) is 15.6. The Labute approximate surface area is 154 Å². The molecule has 6 heteroatoms. The van der Waals surface area contributed by atoms with Crippen LogP contribution in [-0.4, -0.2) is 46.8 Å². The van der Waals surface area contributed by atoms with Crippen molar-refractivity contribution in [3.05, 3.63) is 59.7 Å². The normalized spacial score (nSPS) is 10.6. The van der Waals surface area contributed by atoms with Gasteiger partial charge in [0.05, 0.1) is 0 Å². The van der Waals surface area contributed by atoms with Gasteiger partial charge in [0.2, 0.25) is 0 Å². The van der Waals surface area contributed by atoms with Crippen molar-refractivity contribution in [1.82, 2.24) is 20.2 Å². The molecule has 0 unspecified atom stereocenters. The summed E-state index contributed by atoms with van der Waals surface area (Å²) in [5, 5.41) is 2.87. The second-order valence-corrected chi connectivity index (χ2v) is 6.70. The van der Waals surface area contributed by atoms with E-state index in [-0.39, 0.29) is 17.5 Å². The van der Waals surface area contributed by atoms with Crippen molar-refractivity contribution < 1.29 is 9.59 Å². The highest BCUT2D eigenvalue weighted by Crippen LogP contribution is 2.07. The van der Waals surface area contributed by atoms with Crippen molar-refractivity contribution in [3.8, 4) is 0 Å². The quantitative estimate of drug-likeness (QED) is 0.790. The van der Waals surface area contributed by atoms with Gasteiger partial charge in [0.15, 0.2) is 0 Å². The minimum absolute atomic E-state index is 0.179. The smallest absolute Gasteiger partial charge is 0.272 e. The molecular formula is C20H26N4O2. The monoisotopic (exact) mass is 354 g/mol. The molecule has 2 amide bonds. The third-order valence-corrected chi connectivity index (χ3v) is 4.08. The molecule has 0 saturated carbocycles. The van der Waals surface area contributed by atoms with Crippen LogP contribution in [-0.2, 0) is 6.42 Å². The van der Waals surface area contributed by atoms with E-state index >= 15 is 0 Å². The molecule has 1 N–H and O–H groups in total. The lowest BCUT2D eigenvalue weighted by Crippen LogP contribution is -2.30. The zero-order chi connectivity index (χ0) is 18.9. The lowest BCUT2D eigenvalue weighted by Gasteiger charge is -2.17. The average Bonchev–Trinajstić information content (AvgIpc) is 2.66. The molecule has 138 valence electrons. The standard InChI is InChI=1S/C20H26N4O2/c1-15(2)4-11-23-19(25)17-7-12-22-18(14-17)20(26)24(3)13-8-16-5-9-21-10-6-16/h5-7,9-10,12,14-15H,4,8,11,13H2,1-3H3,(H,23,25). The van der Waals surface area contributed by atoms with E-state index in [1.807, 2.05) is 12.1 Å². The largest absolute Gasteiger partial charge is 0.352 e. The average molecular weight is 354 g/mol. The number of hydrogen-bond acceptors (Lipinski definition) is 4. The summed E-state index contributed by atoms with van der Waals surface area (Å²) in [6, 6.07) is 7.03. The molecule has 2 heterocycles. The summed E-state index contributed by atoms with van der Waals surface area (Å²) < 4.78 is 0. The van der Waals surface area contributed by atoms with Crippen molar-refractivity contribution in [2.24, 2.45) is 5.92 Å². The highest BCUT2D eigenvalue weighted by atomic mass is 16.2. The number of carbonyl (C=O) groups is 2. The maximum absolute atomic E-state index is 12.6. The summed E-state index contributed by atoms with van der Waals surface area (Å²) in [6.07, 6.45) is 6.63. The maximum Gasteiger partial charge on any atom is 0.272 e. The fraction of sp³-hybridized carbons (Fsp3) is 0.400. The molecule has 0 radical (unpaired) electrons. The summed E-state index contributed by atoms with van der Waals surface area (Å²) in [5.41, 5.74) is 1.85. The number of hydrogen-bond donors (Lipinski definition) is 1. The van der Waals surface area contributed by atoms with Gasteiger partial charge < -0.3 is 10.2 Å². The second-order valence-electron chi connectivity index (χ2n) is 6.70. The van der Waals surface area contributed by atoms with Gasteiger partial charge in [-0.2, -0.15) is 0 Å². The summed E-state index contributed by atoms with van der Waals surface area (Å²) in [7, 11) is 1.74. The highest BCUT2D eigenvalue weighted by Gasteiger charge is 2.15. The van der Waals surface area contributed by atoms with Gasteiger partial charge in [-0.05, 0) is 48.6 Å². The molecule has 26 heavy (non-hydrogen) atoms. The minimum atomic E-state index is -0.198. The van der Waals surface area contributed by atoms with E-state index in [2.05, 4.69) is 29.1 Å². The van der Waals surface area contributed by atoms with Crippen LogP contribution in [0.1, 0.15) is 46.7 Å². The summed E-state index contributed by atoms with van der Waals surface area (Å²) in [5.74, 6) is 0.149. The number of pyridine rings is 2. The predicted molar refractivity (Wildman–Crippen MR) is 101 cm³/mol. The third-order valence-electron chi connectivity index (χ3n) is 4.08. The van der Waals surface area contributed by atoms with Crippen LogP contribution < -0.4 is 5.32 Å². The van der Waals surface area contributed by atoms with Gasteiger partial charge in [-0.25, -0.2) is 0 Å². The molecule has 0 aliphatic rings. The summed E-state index contributed by atoms with van der Waals surface area (Å²) >= 11 is 0. The Morgan fingerprint density at radius 3 is 2.58 bits per heavy atom. The van der Waals surface area contributed by atoms with E-state index < -0.39 is 0 Å². The Hall–Kier alpha value is -2.76. The molecule has 6 nitrogen and oxygen atoms in total. The van der Waals surface area contributed by atoms with E-state index in [9.17, 15) is 9.59 Å². The van der Waals surface area contributed by atoms with E-state index in [1.165, 1.54) is 6.20 Å². The number of aromatic nitrogens is 2. The fourth-order valence-corrected chi connectivity index (χ4v) is 2.41. The van der Waals surface area contributed by atoms with Gasteiger partial charge in [0, 0.05) is 44.3 Å². The molecule has 0 aliphatic carbocycles. The van der Waals surface area contributed by atoms with Crippen LogP contribution >= 0.6 is 0 Å². The van der Waals surface area contributed by atoms with Crippen molar-refractivity contribution in [2.75, 3.05) is 20.1 Å². The number of nitrogens with one attached hydrogen (secondary N) is 1. The minimum Gasteiger partial charge on any atom is -0.352 e. The van der Waals surface area contributed by atoms with Crippen LogP contribution in [0.3, 0.4) is 0 Å². The van der Waals surface area contributed by atoms with Crippen LogP contribution in [0, 0.1) is 5.92 Å². The Kier molecular flexibility index (Phi) is 7.26. The Morgan fingerprint density at radius 2 is 1.88 bits per heavy atom. The van der Waals surface area contributed by atoms with Crippen LogP contribution in [0.15, 0.2) is 42.9 Å². The molecule has 0 bridgehead atoms.